The molecule has 78 valence electrons. The molecule has 5 nitrogen and oxygen atoms in total. The summed E-state index contributed by atoms with van der Waals surface area (Å²) in [6.45, 7) is 2.67. The second-order valence-electron chi connectivity index (χ2n) is 3.58. The van der Waals surface area contributed by atoms with Gasteiger partial charge in [0.25, 0.3) is 0 Å². The van der Waals surface area contributed by atoms with Crippen LogP contribution in [-0.2, 0) is 11.2 Å². The number of ether oxygens (including phenoxy) is 1. The van der Waals surface area contributed by atoms with Crippen molar-refractivity contribution in [3.63, 3.8) is 0 Å². The minimum Gasteiger partial charge on any atom is -0.379 e. The number of aryl methyl sites for hydroxylation is 1. The van der Waals surface area contributed by atoms with Crippen LogP contribution < -0.4 is 5.32 Å². The predicted molar refractivity (Wildman–Crippen MR) is 51.9 cm³/mol. The summed E-state index contributed by atoms with van der Waals surface area (Å²) in [6, 6.07) is 0.524. The fourth-order valence-electron chi connectivity index (χ4n) is 1.68. The van der Waals surface area contributed by atoms with E-state index in [1.165, 1.54) is 0 Å². The molecule has 1 atom stereocenters. The number of hydrogen-bond donors (Lipinski definition) is 2. The minimum absolute atomic E-state index is 0.524. The van der Waals surface area contributed by atoms with Gasteiger partial charge in [0.05, 0.1) is 25.1 Å². The third-order valence-corrected chi connectivity index (χ3v) is 2.45. The number of aromatic amines is 1. The lowest BCUT2D eigenvalue weighted by atomic mass is 10.1. The Kier molecular flexibility index (Phi) is 3.48. The van der Waals surface area contributed by atoms with Crippen molar-refractivity contribution in [1.82, 2.24) is 20.7 Å². The standard InChI is InChI=1S/C9H16N4O/c1(2-8-6-11-13-12-8)3-9-7-14-5-4-10-9/h6,9-10H,1-5,7H2,(H,11,12,13). The molecule has 0 amide bonds. The molecule has 0 aromatic carbocycles. The van der Waals surface area contributed by atoms with Crippen LogP contribution in [0.3, 0.4) is 0 Å². The molecule has 0 bridgehead atoms. The number of hydrogen-bond acceptors (Lipinski definition) is 4. The Morgan fingerprint density at radius 3 is 3.29 bits per heavy atom. The third-order valence-electron chi connectivity index (χ3n) is 2.45. The normalized spacial score (nSPS) is 22.4. The Morgan fingerprint density at radius 1 is 1.57 bits per heavy atom. The van der Waals surface area contributed by atoms with Crippen LogP contribution in [0.2, 0.25) is 0 Å². The lowest BCUT2D eigenvalue weighted by Crippen LogP contribution is -2.41. The molecule has 0 spiro atoms. The first-order valence-electron chi connectivity index (χ1n) is 5.11. The largest absolute Gasteiger partial charge is 0.379 e. The quantitative estimate of drug-likeness (QED) is 0.717. The fourth-order valence-corrected chi connectivity index (χ4v) is 1.68. The molecule has 2 heterocycles. The molecule has 0 saturated carbocycles. The predicted octanol–water partition coefficient (Wildman–Crippen LogP) is 0.116. The molecule has 1 saturated heterocycles. The van der Waals surface area contributed by atoms with Crippen molar-refractivity contribution in [2.75, 3.05) is 19.8 Å². The summed E-state index contributed by atoms with van der Waals surface area (Å²) in [7, 11) is 0. The van der Waals surface area contributed by atoms with E-state index in [2.05, 4.69) is 20.7 Å². The molecule has 1 aliphatic heterocycles. The van der Waals surface area contributed by atoms with Gasteiger partial charge in [0.15, 0.2) is 0 Å². The highest BCUT2D eigenvalue weighted by Crippen LogP contribution is 2.05. The van der Waals surface area contributed by atoms with E-state index in [1.54, 1.807) is 6.20 Å². The second kappa shape index (κ2) is 5.07. The zero-order valence-electron chi connectivity index (χ0n) is 8.20. The van der Waals surface area contributed by atoms with E-state index in [1.807, 2.05) is 0 Å². The molecular formula is C9H16N4O. The number of morpholine rings is 1. The molecule has 1 unspecified atom stereocenters. The molecule has 14 heavy (non-hydrogen) atoms. The minimum atomic E-state index is 0.524. The Hall–Kier alpha value is -0.940. The van der Waals surface area contributed by atoms with Crippen LogP contribution in [0.1, 0.15) is 18.5 Å². The number of rotatable bonds is 4. The molecule has 0 aliphatic carbocycles. The van der Waals surface area contributed by atoms with Gasteiger partial charge in [-0.15, -0.1) is 0 Å². The molecule has 1 aliphatic rings. The maximum atomic E-state index is 5.37. The highest BCUT2D eigenvalue weighted by atomic mass is 16.5. The summed E-state index contributed by atoms with van der Waals surface area (Å²) in [6.07, 6.45) is 5.06. The van der Waals surface area contributed by atoms with Crippen molar-refractivity contribution in [3.8, 4) is 0 Å². The smallest absolute Gasteiger partial charge is 0.0824 e. The first kappa shape index (κ1) is 9.61. The lowest BCUT2D eigenvalue weighted by molar-refractivity contribution is 0.0736. The van der Waals surface area contributed by atoms with E-state index in [4.69, 9.17) is 4.74 Å². The van der Waals surface area contributed by atoms with Gasteiger partial charge in [-0.2, -0.15) is 15.4 Å². The Balaban J connectivity index is 1.62. The lowest BCUT2D eigenvalue weighted by Gasteiger charge is -2.23. The van der Waals surface area contributed by atoms with Crippen LogP contribution in [0.4, 0.5) is 0 Å². The van der Waals surface area contributed by atoms with E-state index >= 15 is 0 Å². The molecule has 1 aromatic heterocycles. The van der Waals surface area contributed by atoms with Gasteiger partial charge in [-0.25, -0.2) is 0 Å². The summed E-state index contributed by atoms with van der Waals surface area (Å²) < 4.78 is 5.37. The van der Waals surface area contributed by atoms with Crippen molar-refractivity contribution >= 4 is 0 Å². The summed E-state index contributed by atoms with van der Waals surface area (Å²) in [5.41, 5.74) is 1.04. The summed E-state index contributed by atoms with van der Waals surface area (Å²) in [4.78, 5) is 0. The Labute approximate surface area is 83.2 Å². The highest BCUT2D eigenvalue weighted by molar-refractivity contribution is 4.90. The van der Waals surface area contributed by atoms with Crippen LogP contribution in [0.5, 0.6) is 0 Å². The zero-order chi connectivity index (χ0) is 9.64. The van der Waals surface area contributed by atoms with Crippen molar-refractivity contribution in [2.24, 2.45) is 0 Å². The SMILES string of the molecule is c1n[nH]nc1CCCC1COCCN1. The van der Waals surface area contributed by atoms with Gasteiger partial charge in [-0.3, -0.25) is 0 Å². The van der Waals surface area contributed by atoms with Gasteiger partial charge >= 0.3 is 0 Å². The van der Waals surface area contributed by atoms with Gasteiger partial charge in [-0.05, 0) is 19.3 Å². The number of nitrogens with one attached hydrogen (secondary N) is 2. The van der Waals surface area contributed by atoms with Gasteiger partial charge in [0.2, 0.25) is 0 Å². The molecule has 0 radical (unpaired) electrons. The summed E-state index contributed by atoms with van der Waals surface area (Å²) in [5, 5.41) is 13.8. The summed E-state index contributed by atoms with van der Waals surface area (Å²) in [5.74, 6) is 0. The molecule has 1 fully saturated rings. The molecule has 2 rings (SSSR count). The Morgan fingerprint density at radius 2 is 2.57 bits per heavy atom. The van der Waals surface area contributed by atoms with E-state index in [0.29, 0.717) is 6.04 Å². The average molecular weight is 196 g/mol. The number of nitrogens with zero attached hydrogens (tertiary/aromatic N) is 2. The maximum absolute atomic E-state index is 5.37. The average Bonchev–Trinajstić information content (AvgIpc) is 2.72. The summed E-state index contributed by atoms with van der Waals surface area (Å²) >= 11 is 0. The monoisotopic (exact) mass is 196 g/mol. The van der Waals surface area contributed by atoms with Crippen molar-refractivity contribution in [1.29, 1.82) is 0 Å². The van der Waals surface area contributed by atoms with Crippen molar-refractivity contribution < 1.29 is 4.74 Å². The Bertz CT molecular complexity index is 243. The number of aromatic nitrogens is 3. The van der Waals surface area contributed by atoms with E-state index in [9.17, 15) is 0 Å². The van der Waals surface area contributed by atoms with E-state index in [-0.39, 0.29) is 0 Å². The molecule has 5 heteroatoms. The number of H-pyrrole nitrogens is 1. The van der Waals surface area contributed by atoms with E-state index in [0.717, 1.165) is 44.7 Å². The zero-order valence-corrected chi connectivity index (χ0v) is 8.20. The molecular weight excluding hydrogens is 180 g/mol. The van der Waals surface area contributed by atoms with Crippen LogP contribution in [-0.4, -0.2) is 41.2 Å². The van der Waals surface area contributed by atoms with Gasteiger partial charge in [0.1, 0.15) is 0 Å². The van der Waals surface area contributed by atoms with Crippen molar-refractivity contribution in [2.45, 2.75) is 25.3 Å². The maximum Gasteiger partial charge on any atom is 0.0824 e. The van der Waals surface area contributed by atoms with Crippen LogP contribution in [0.15, 0.2) is 6.20 Å². The third kappa shape index (κ3) is 2.78. The molecule has 2 N–H and O–H groups in total. The first-order valence-corrected chi connectivity index (χ1v) is 5.11. The van der Waals surface area contributed by atoms with Gasteiger partial charge < -0.3 is 10.1 Å². The van der Waals surface area contributed by atoms with Gasteiger partial charge in [-0.1, -0.05) is 0 Å². The van der Waals surface area contributed by atoms with Crippen LogP contribution in [0, 0.1) is 0 Å². The topological polar surface area (TPSA) is 62.8 Å². The molecule has 1 aromatic rings. The van der Waals surface area contributed by atoms with Crippen molar-refractivity contribution in [3.05, 3.63) is 11.9 Å². The van der Waals surface area contributed by atoms with Crippen LogP contribution >= 0.6 is 0 Å². The second-order valence-corrected chi connectivity index (χ2v) is 3.58. The van der Waals surface area contributed by atoms with Crippen LogP contribution in [0.25, 0.3) is 0 Å². The fraction of sp³-hybridized carbons (Fsp3) is 0.778. The highest BCUT2D eigenvalue weighted by Gasteiger charge is 2.12. The van der Waals surface area contributed by atoms with E-state index < -0.39 is 0 Å². The van der Waals surface area contributed by atoms with Gasteiger partial charge in [0, 0.05) is 12.6 Å². The first-order chi connectivity index (χ1) is 6.95.